The highest BCUT2D eigenvalue weighted by Crippen LogP contribution is 2.34. The molecule has 2 aliphatic rings. The predicted octanol–water partition coefficient (Wildman–Crippen LogP) is 1.90. The molecule has 0 amide bonds. The standard InChI is InChI=1S/C32H36O16/c1-15(33)41-25-13-39-31(29(45-19(5)37)27(25)43-17(3)35)47-22-10-11-23-21(12-22)8-7-9-24(23)48-32-30(46-20(6)38)28(44-18(4)36)26(14-40-32)42-16(2)34/h7-12,25-32H,13-14H2,1-6H3/t25-,26-,27+,28+,29-,30-,31+,32+/m1/s1. The molecule has 0 spiro atoms. The minimum absolute atomic E-state index is 0.219. The van der Waals surface area contributed by atoms with Gasteiger partial charge in [-0.1, -0.05) is 12.1 Å². The van der Waals surface area contributed by atoms with E-state index in [0.717, 1.165) is 27.7 Å². The first-order valence-corrected chi connectivity index (χ1v) is 14.8. The molecule has 2 saturated heterocycles. The Morgan fingerprint density at radius 2 is 0.979 bits per heavy atom. The second kappa shape index (κ2) is 15.8. The van der Waals surface area contributed by atoms with Crippen molar-refractivity contribution in [3.05, 3.63) is 36.4 Å². The van der Waals surface area contributed by atoms with Gasteiger partial charge in [0.1, 0.15) is 11.5 Å². The third-order valence-corrected chi connectivity index (χ3v) is 6.92. The van der Waals surface area contributed by atoms with E-state index in [0.29, 0.717) is 16.5 Å². The van der Waals surface area contributed by atoms with E-state index in [4.69, 9.17) is 47.4 Å². The van der Waals surface area contributed by atoms with Crippen LogP contribution in [0.3, 0.4) is 0 Å². The molecule has 260 valence electrons. The van der Waals surface area contributed by atoms with Crippen LogP contribution in [0.25, 0.3) is 10.8 Å². The second-order valence-electron chi connectivity index (χ2n) is 10.9. The van der Waals surface area contributed by atoms with Crippen LogP contribution in [0, 0.1) is 0 Å². The molecule has 0 aliphatic carbocycles. The summed E-state index contributed by atoms with van der Waals surface area (Å²) in [4.78, 5) is 71.2. The van der Waals surface area contributed by atoms with Crippen molar-refractivity contribution in [2.75, 3.05) is 13.2 Å². The number of hydrogen-bond acceptors (Lipinski definition) is 16. The van der Waals surface area contributed by atoms with Gasteiger partial charge in [-0.25, -0.2) is 0 Å². The molecule has 0 radical (unpaired) electrons. The fourth-order valence-corrected chi connectivity index (χ4v) is 5.29. The van der Waals surface area contributed by atoms with Crippen LogP contribution in [0.15, 0.2) is 36.4 Å². The molecule has 4 rings (SSSR count). The number of hydrogen-bond donors (Lipinski definition) is 0. The van der Waals surface area contributed by atoms with Crippen molar-refractivity contribution in [1.29, 1.82) is 0 Å². The highest BCUT2D eigenvalue weighted by Gasteiger charge is 2.49. The first-order valence-electron chi connectivity index (χ1n) is 14.8. The van der Waals surface area contributed by atoms with Crippen LogP contribution < -0.4 is 9.47 Å². The predicted molar refractivity (Wildman–Crippen MR) is 158 cm³/mol. The lowest BCUT2D eigenvalue weighted by Crippen LogP contribution is -2.59. The zero-order chi connectivity index (χ0) is 35.1. The number of fused-ring (bicyclic) bond motifs is 1. The van der Waals surface area contributed by atoms with E-state index < -0.39 is 85.0 Å². The van der Waals surface area contributed by atoms with Crippen LogP contribution in [-0.2, 0) is 66.7 Å². The molecule has 0 saturated carbocycles. The average Bonchev–Trinajstić information content (AvgIpc) is 2.97. The normalized spacial score (nSPS) is 26.7. The van der Waals surface area contributed by atoms with Crippen LogP contribution in [-0.4, -0.2) is 98.2 Å². The smallest absolute Gasteiger partial charge is 0.303 e. The van der Waals surface area contributed by atoms with Crippen molar-refractivity contribution < 1.29 is 76.1 Å². The summed E-state index contributed by atoms with van der Waals surface area (Å²) in [5, 5.41) is 1.17. The summed E-state index contributed by atoms with van der Waals surface area (Å²) in [6, 6.07) is 9.93. The number of carbonyl (C=O) groups is 6. The Hall–Kier alpha value is -4.96. The van der Waals surface area contributed by atoms with Crippen molar-refractivity contribution in [3.8, 4) is 11.5 Å². The maximum absolute atomic E-state index is 12.0. The molecule has 0 bridgehead atoms. The van der Waals surface area contributed by atoms with E-state index in [9.17, 15) is 28.8 Å². The summed E-state index contributed by atoms with van der Waals surface area (Å²) in [5.41, 5.74) is 0. The maximum atomic E-state index is 12.0. The van der Waals surface area contributed by atoms with Crippen molar-refractivity contribution in [1.82, 2.24) is 0 Å². The van der Waals surface area contributed by atoms with Gasteiger partial charge >= 0.3 is 35.8 Å². The zero-order valence-electron chi connectivity index (χ0n) is 27.0. The molecule has 48 heavy (non-hydrogen) atoms. The van der Waals surface area contributed by atoms with Crippen LogP contribution >= 0.6 is 0 Å². The number of esters is 6. The lowest BCUT2D eigenvalue weighted by molar-refractivity contribution is -0.259. The molecule has 2 aromatic carbocycles. The lowest BCUT2D eigenvalue weighted by atomic mass is 10.0. The fraction of sp³-hybridized carbons (Fsp3) is 0.500. The molecule has 2 aliphatic heterocycles. The molecule has 2 fully saturated rings. The highest BCUT2D eigenvalue weighted by molar-refractivity contribution is 5.89. The van der Waals surface area contributed by atoms with E-state index in [1.165, 1.54) is 13.8 Å². The van der Waals surface area contributed by atoms with E-state index in [1.807, 2.05) is 0 Å². The van der Waals surface area contributed by atoms with Gasteiger partial charge in [-0.15, -0.1) is 0 Å². The summed E-state index contributed by atoms with van der Waals surface area (Å²) in [5.74, 6) is -3.59. The molecule has 16 nitrogen and oxygen atoms in total. The quantitative estimate of drug-likeness (QED) is 0.261. The van der Waals surface area contributed by atoms with E-state index >= 15 is 0 Å². The first-order chi connectivity index (χ1) is 22.7. The Balaban J connectivity index is 1.59. The van der Waals surface area contributed by atoms with Crippen molar-refractivity contribution in [2.24, 2.45) is 0 Å². The van der Waals surface area contributed by atoms with Crippen LogP contribution in [0.5, 0.6) is 11.5 Å². The monoisotopic (exact) mass is 676 g/mol. The van der Waals surface area contributed by atoms with E-state index in [2.05, 4.69) is 0 Å². The summed E-state index contributed by atoms with van der Waals surface area (Å²) in [6.07, 6.45) is -9.68. The number of carbonyl (C=O) groups excluding carboxylic acids is 6. The molecule has 0 N–H and O–H groups in total. The van der Waals surface area contributed by atoms with Gasteiger partial charge in [0.05, 0.1) is 13.2 Å². The highest BCUT2D eigenvalue weighted by atomic mass is 16.7. The summed E-state index contributed by atoms with van der Waals surface area (Å²) in [6.45, 7) is 6.54. The maximum Gasteiger partial charge on any atom is 0.303 e. The van der Waals surface area contributed by atoms with Gasteiger partial charge in [0.15, 0.2) is 24.4 Å². The molecule has 16 heteroatoms. The minimum atomic E-state index is -1.30. The van der Waals surface area contributed by atoms with Crippen LogP contribution in [0.1, 0.15) is 41.5 Å². The second-order valence-corrected chi connectivity index (χ2v) is 10.9. The van der Waals surface area contributed by atoms with Crippen LogP contribution in [0.2, 0.25) is 0 Å². The summed E-state index contributed by atoms with van der Waals surface area (Å²) >= 11 is 0. The van der Waals surface area contributed by atoms with Gasteiger partial charge in [-0.3, -0.25) is 28.8 Å². The van der Waals surface area contributed by atoms with Gasteiger partial charge in [0.2, 0.25) is 24.8 Å². The number of rotatable bonds is 10. The third-order valence-electron chi connectivity index (χ3n) is 6.92. The molecule has 0 unspecified atom stereocenters. The SMILES string of the molecule is CC(=O)O[C@@H]1[C@@H](OC(C)=O)[C@H](Oc2ccc3c(O[C@@H]4OC[C@@H](OC(C)=O)[C@H](OC(C)=O)[C@H]4OC(C)=O)cccc3c2)OC[C@H]1OC(C)=O. The van der Waals surface area contributed by atoms with Gasteiger partial charge < -0.3 is 47.4 Å². The van der Waals surface area contributed by atoms with Crippen molar-refractivity contribution in [3.63, 3.8) is 0 Å². The van der Waals surface area contributed by atoms with Gasteiger partial charge in [0, 0.05) is 46.9 Å². The molecular weight excluding hydrogens is 640 g/mol. The Morgan fingerprint density at radius 1 is 0.542 bits per heavy atom. The topological polar surface area (TPSA) is 195 Å². The van der Waals surface area contributed by atoms with Gasteiger partial charge in [-0.05, 0) is 29.7 Å². The molecular formula is C32H36O16. The Labute approximate surface area is 274 Å². The van der Waals surface area contributed by atoms with E-state index in [-0.39, 0.29) is 19.0 Å². The number of benzene rings is 2. The molecule has 2 heterocycles. The van der Waals surface area contributed by atoms with E-state index in [1.54, 1.807) is 36.4 Å². The summed E-state index contributed by atoms with van der Waals surface area (Å²) < 4.78 is 55.8. The average molecular weight is 677 g/mol. The van der Waals surface area contributed by atoms with Crippen molar-refractivity contribution >= 4 is 46.6 Å². The Bertz CT molecular complexity index is 1540. The third kappa shape index (κ3) is 9.32. The minimum Gasteiger partial charge on any atom is -0.461 e. The molecule has 2 aromatic rings. The molecule has 0 aromatic heterocycles. The zero-order valence-corrected chi connectivity index (χ0v) is 27.0. The fourth-order valence-electron chi connectivity index (χ4n) is 5.29. The summed E-state index contributed by atoms with van der Waals surface area (Å²) in [7, 11) is 0. The van der Waals surface area contributed by atoms with Gasteiger partial charge in [0.25, 0.3) is 0 Å². The van der Waals surface area contributed by atoms with Crippen LogP contribution in [0.4, 0.5) is 0 Å². The Kier molecular flexibility index (Phi) is 11.8. The number of ether oxygens (including phenoxy) is 10. The van der Waals surface area contributed by atoms with Gasteiger partial charge in [-0.2, -0.15) is 0 Å². The first kappa shape index (κ1) is 35.9. The largest absolute Gasteiger partial charge is 0.461 e. The Morgan fingerprint density at radius 3 is 1.44 bits per heavy atom. The lowest BCUT2D eigenvalue weighted by Gasteiger charge is -2.40. The van der Waals surface area contributed by atoms with Crippen molar-refractivity contribution in [2.45, 2.75) is 90.7 Å². The molecule has 8 atom stereocenters.